The molecule has 4 heteroatoms. The first-order valence-electron chi connectivity index (χ1n) is 7.24. The van der Waals surface area contributed by atoms with Crippen molar-refractivity contribution in [3.63, 3.8) is 0 Å². The molecule has 0 amide bonds. The van der Waals surface area contributed by atoms with E-state index in [0.29, 0.717) is 19.1 Å². The predicted octanol–water partition coefficient (Wildman–Crippen LogP) is 3.15. The Hall–Kier alpha value is -1.29. The maximum absolute atomic E-state index is 11.2. The third kappa shape index (κ3) is 4.10. The fourth-order valence-corrected chi connectivity index (χ4v) is 2.71. The number of nitrogens with zero attached hydrogens (tertiary/aromatic N) is 1. The van der Waals surface area contributed by atoms with E-state index in [9.17, 15) is 4.79 Å². The molecule has 1 saturated heterocycles. The molecule has 106 valence electrons. The first kappa shape index (κ1) is 14.1. The number of carbonyl (C=O) groups is 1. The number of hydrogen-bond acceptors (Lipinski definition) is 4. The summed E-state index contributed by atoms with van der Waals surface area (Å²) in [6.07, 6.45) is 6.62. The van der Waals surface area contributed by atoms with Crippen LogP contribution in [0.5, 0.6) is 0 Å². The summed E-state index contributed by atoms with van der Waals surface area (Å²) < 4.78 is 10.4. The topological polar surface area (TPSA) is 42.7 Å². The quantitative estimate of drug-likeness (QED) is 0.561. The number of furan rings is 1. The standard InChI is InChI=1S/C15H23NO3/c1-2-18-15(17)9-3-4-10-16-11-5-7-13(16)14-8-6-12-19-14/h6,8,12-13H,2-5,7,9-11H2,1H3. The third-order valence-electron chi connectivity index (χ3n) is 3.62. The van der Waals surface area contributed by atoms with Gasteiger partial charge in [-0.3, -0.25) is 9.69 Å². The highest BCUT2D eigenvalue weighted by molar-refractivity contribution is 5.69. The van der Waals surface area contributed by atoms with Crippen LogP contribution in [0.3, 0.4) is 0 Å². The molecule has 19 heavy (non-hydrogen) atoms. The van der Waals surface area contributed by atoms with E-state index in [1.54, 1.807) is 6.26 Å². The number of rotatable bonds is 7. The lowest BCUT2D eigenvalue weighted by atomic mass is 10.1. The predicted molar refractivity (Wildman–Crippen MR) is 72.7 cm³/mol. The average molecular weight is 265 g/mol. The Morgan fingerprint density at radius 2 is 2.42 bits per heavy atom. The highest BCUT2D eigenvalue weighted by atomic mass is 16.5. The van der Waals surface area contributed by atoms with E-state index in [1.165, 1.54) is 12.8 Å². The molecule has 0 aromatic carbocycles. The van der Waals surface area contributed by atoms with Gasteiger partial charge in [0.2, 0.25) is 0 Å². The van der Waals surface area contributed by atoms with Crippen molar-refractivity contribution in [2.24, 2.45) is 0 Å². The molecule has 0 saturated carbocycles. The van der Waals surface area contributed by atoms with Crippen molar-refractivity contribution in [2.45, 2.75) is 45.1 Å². The number of likely N-dealkylation sites (tertiary alicyclic amines) is 1. The van der Waals surface area contributed by atoms with Gasteiger partial charge in [-0.2, -0.15) is 0 Å². The van der Waals surface area contributed by atoms with Crippen LogP contribution in [0.15, 0.2) is 22.8 Å². The maximum atomic E-state index is 11.2. The molecule has 1 aromatic rings. The summed E-state index contributed by atoms with van der Waals surface area (Å²) >= 11 is 0. The highest BCUT2D eigenvalue weighted by Gasteiger charge is 2.27. The third-order valence-corrected chi connectivity index (χ3v) is 3.62. The zero-order valence-electron chi connectivity index (χ0n) is 11.6. The van der Waals surface area contributed by atoms with Gasteiger partial charge in [-0.15, -0.1) is 0 Å². The second-order valence-electron chi connectivity index (χ2n) is 4.97. The molecule has 1 unspecified atom stereocenters. The molecule has 1 aromatic heterocycles. The van der Waals surface area contributed by atoms with Gasteiger partial charge in [0.25, 0.3) is 0 Å². The van der Waals surface area contributed by atoms with Gasteiger partial charge in [0.05, 0.1) is 18.9 Å². The molecule has 2 heterocycles. The minimum absolute atomic E-state index is 0.0773. The van der Waals surface area contributed by atoms with Crippen LogP contribution in [-0.4, -0.2) is 30.6 Å². The Bertz CT molecular complexity index is 375. The molecule has 0 N–H and O–H groups in total. The molecule has 2 rings (SSSR count). The summed E-state index contributed by atoms with van der Waals surface area (Å²) in [5.41, 5.74) is 0. The van der Waals surface area contributed by atoms with Crippen LogP contribution in [0.4, 0.5) is 0 Å². The van der Waals surface area contributed by atoms with Crippen molar-refractivity contribution >= 4 is 5.97 Å². The van der Waals surface area contributed by atoms with Gasteiger partial charge >= 0.3 is 5.97 Å². The summed E-state index contributed by atoms with van der Waals surface area (Å²) in [6.45, 7) is 4.48. The van der Waals surface area contributed by atoms with Gasteiger partial charge in [-0.05, 0) is 57.8 Å². The van der Waals surface area contributed by atoms with Gasteiger partial charge < -0.3 is 9.15 Å². The molecule has 1 atom stereocenters. The van der Waals surface area contributed by atoms with Crippen LogP contribution in [0, 0.1) is 0 Å². The van der Waals surface area contributed by atoms with E-state index >= 15 is 0 Å². The van der Waals surface area contributed by atoms with E-state index in [-0.39, 0.29) is 5.97 Å². The van der Waals surface area contributed by atoms with Gasteiger partial charge in [0.15, 0.2) is 0 Å². The summed E-state index contributed by atoms with van der Waals surface area (Å²) in [6, 6.07) is 4.44. The maximum Gasteiger partial charge on any atom is 0.305 e. The molecule has 0 spiro atoms. The van der Waals surface area contributed by atoms with E-state index in [0.717, 1.165) is 31.7 Å². The molecule has 0 aliphatic carbocycles. The zero-order valence-corrected chi connectivity index (χ0v) is 11.6. The number of esters is 1. The van der Waals surface area contributed by atoms with Gasteiger partial charge in [-0.25, -0.2) is 0 Å². The van der Waals surface area contributed by atoms with Crippen LogP contribution >= 0.6 is 0 Å². The van der Waals surface area contributed by atoms with Crippen molar-refractivity contribution in [2.75, 3.05) is 19.7 Å². The van der Waals surface area contributed by atoms with Gasteiger partial charge in [0, 0.05) is 6.42 Å². The van der Waals surface area contributed by atoms with Crippen molar-refractivity contribution in [3.8, 4) is 0 Å². The van der Waals surface area contributed by atoms with Gasteiger partial charge in [0.1, 0.15) is 5.76 Å². The van der Waals surface area contributed by atoms with Crippen molar-refractivity contribution < 1.29 is 13.9 Å². The summed E-state index contributed by atoms with van der Waals surface area (Å²) in [7, 11) is 0. The molecule has 1 aliphatic heterocycles. The molecular formula is C15H23NO3. The smallest absolute Gasteiger partial charge is 0.305 e. The van der Waals surface area contributed by atoms with E-state index in [1.807, 2.05) is 13.0 Å². The zero-order chi connectivity index (χ0) is 13.5. The van der Waals surface area contributed by atoms with Crippen molar-refractivity contribution in [1.29, 1.82) is 0 Å². The SMILES string of the molecule is CCOC(=O)CCCCN1CCCC1c1ccco1. The van der Waals surface area contributed by atoms with Crippen LogP contribution in [0.1, 0.15) is 50.8 Å². The Morgan fingerprint density at radius 1 is 1.53 bits per heavy atom. The lowest BCUT2D eigenvalue weighted by Crippen LogP contribution is -2.24. The number of carbonyl (C=O) groups excluding carboxylic acids is 1. The summed E-state index contributed by atoms with van der Waals surface area (Å²) in [5, 5.41) is 0. The van der Waals surface area contributed by atoms with Crippen LogP contribution in [0.2, 0.25) is 0 Å². The van der Waals surface area contributed by atoms with E-state index in [2.05, 4.69) is 11.0 Å². The van der Waals surface area contributed by atoms with Crippen molar-refractivity contribution in [1.82, 2.24) is 4.90 Å². The molecule has 1 aliphatic rings. The van der Waals surface area contributed by atoms with Crippen LogP contribution in [-0.2, 0) is 9.53 Å². The fraction of sp³-hybridized carbons (Fsp3) is 0.667. The van der Waals surface area contributed by atoms with Crippen molar-refractivity contribution in [3.05, 3.63) is 24.2 Å². The Kier molecular flexibility index (Phi) is 5.45. The number of ether oxygens (including phenoxy) is 1. The lowest BCUT2D eigenvalue weighted by molar-refractivity contribution is -0.143. The second-order valence-corrected chi connectivity index (χ2v) is 4.97. The van der Waals surface area contributed by atoms with E-state index < -0.39 is 0 Å². The average Bonchev–Trinajstić information content (AvgIpc) is 3.05. The Labute approximate surface area is 114 Å². The second kappa shape index (κ2) is 7.34. The minimum Gasteiger partial charge on any atom is -0.468 e. The summed E-state index contributed by atoms with van der Waals surface area (Å²) in [5.74, 6) is 0.995. The highest BCUT2D eigenvalue weighted by Crippen LogP contribution is 2.32. The molecular weight excluding hydrogens is 242 g/mol. The summed E-state index contributed by atoms with van der Waals surface area (Å²) in [4.78, 5) is 13.7. The lowest BCUT2D eigenvalue weighted by Gasteiger charge is -2.22. The Morgan fingerprint density at radius 3 is 3.16 bits per heavy atom. The van der Waals surface area contributed by atoms with Crippen LogP contribution < -0.4 is 0 Å². The largest absolute Gasteiger partial charge is 0.468 e. The van der Waals surface area contributed by atoms with E-state index in [4.69, 9.17) is 9.15 Å². The number of unbranched alkanes of at least 4 members (excludes halogenated alkanes) is 1. The first-order chi connectivity index (χ1) is 9.31. The molecule has 0 radical (unpaired) electrons. The molecule has 4 nitrogen and oxygen atoms in total. The Balaban J connectivity index is 1.69. The number of hydrogen-bond donors (Lipinski definition) is 0. The fourth-order valence-electron chi connectivity index (χ4n) is 2.71. The first-order valence-corrected chi connectivity index (χ1v) is 7.24. The minimum atomic E-state index is -0.0773. The van der Waals surface area contributed by atoms with Gasteiger partial charge in [-0.1, -0.05) is 0 Å². The molecule has 1 fully saturated rings. The van der Waals surface area contributed by atoms with Crippen LogP contribution in [0.25, 0.3) is 0 Å². The monoisotopic (exact) mass is 265 g/mol. The normalized spacial score (nSPS) is 19.7. The molecule has 0 bridgehead atoms.